The lowest BCUT2D eigenvalue weighted by Gasteiger charge is -2.30. The molecule has 128 valence electrons. The lowest BCUT2D eigenvalue weighted by atomic mass is 10.1. The number of nitrogens with one attached hydrogen (secondary N) is 1. The van der Waals surface area contributed by atoms with Crippen molar-refractivity contribution >= 4 is 5.91 Å². The van der Waals surface area contributed by atoms with Crippen molar-refractivity contribution in [3.8, 4) is 5.75 Å². The first kappa shape index (κ1) is 17.7. The zero-order valence-electron chi connectivity index (χ0n) is 13.4. The molecule has 1 aromatic rings. The quantitative estimate of drug-likeness (QED) is 0.608. The van der Waals surface area contributed by atoms with Gasteiger partial charge in [0, 0.05) is 19.6 Å². The number of aliphatic hydroxyl groups excluding tert-OH is 2. The van der Waals surface area contributed by atoms with Crippen LogP contribution in [0.3, 0.4) is 0 Å². The summed E-state index contributed by atoms with van der Waals surface area (Å²) in [7, 11) is 0. The minimum atomic E-state index is -0.478. The average molecular weight is 322 g/mol. The standard InChI is InChI=1S/C17H26N2O4/c20-13-17(22)18-7-3-9-23-16-6-1-4-14(10-16)11-19-8-2-5-15(21)12-19/h1,4,6,10,15,20-21H,2-3,5,7-9,11-13H2,(H,18,22). The van der Waals surface area contributed by atoms with Crippen LogP contribution in [0.1, 0.15) is 24.8 Å². The number of amides is 1. The van der Waals surface area contributed by atoms with Crippen molar-refractivity contribution in [3.05, 3.63) is 29.8 Å². The number of aliphatic hydroxyl groups is 2. The molecule has 1 aliphatic heterocycles. The van der Waals surface area contributed by atoms with Crippen LogP contribution in [0.15, 0.2) is 24.3 Å². The SMILES string of the molecule is O=C(CO)NCCCOc1cccc(CN2CCCC(O)C2)c1. The Balaban J connectivity index is 1.72. The number of nitrogens with zero attached hydrogens (tertiary/aromatic N) is 1. The second-order valence-corrected chi connectivity index (χ2v) is 5.89. The van der Waals surface area contributed by atoms with Crippen molar-refractivity contribution in [1.29, 1.82) is 0 Å². The van der Waals surface area contributed by atoms with Gasteiger partial charge in [-0.25, -0.2) is 0 Å². The zero-order valence-corrected chi connectivity index (χ0v) is 13.4. The second kappa shape index (κ2) is 9.50. The van der Waals surface area contributed by atoms with Crippen LogP contribution in [0.25, 0.3) is 0 Å². The van der Waals surface area contributed by atoms with E-state index in [2.05, 4.69) is 16.3 Å². The molecule has 1 unspecified atom stereocenters. The number of ether oxygens (including phenoxy) is 1. The Labute approximate surface area is 137 Å². The Morgan fingerprint density at radius 1 is 1.43 bits per heavy atom. The van der Waals surface area contributed by atoms with Gasteiger partial charge in [0.15, 0.2) is 0 Å². The Bertz CT molecular complexity index is 495. The molecule has 1 aliphatic rings. The van der Waals surface area contributed by atoms with Crippen molar-refractivity contribution in [1.82, 2.24) is 10.2 Å². The number of carbonyl (C=O) groups excluding carboxylic acids is 1. The molecule has 6 nitrogen and oxygen atoms in total. The molecule has 1 saturated heterocycles. The molecule has 0 saturated carbocycles. The smallest absolute Gasteiger partial charge is 0.245 e. The first-order chi connectivity index (χ1) is 11.2. The highest BCUT2D eigenvalue weighted by Crippen LogP contribution is 2.18. The highest BCUT2D eigenvalue weighted by Gasteiger charge is 2.17. The van der Waals surface area contributed by atoms with Gasteiger partial charge in [0.05, 0.1) is 12.7 Å². The molecule has 0 aliphatic carbocycles. The van der Waals surface area contributed by atoms with Crippen LogP contribution >= 0.6 is 0 Å². The van der Waals surface area contributed by atoms with Gasteiger partial charge in [-0.1, -0.05) is 12.1 Å². The molecule has 0 spiro atoms. The van der Waals surface area contributed by atoms with Crippen molar-refractivity contribution in [2.75, 3.05) is 32.8 Å². The number of hydrogen-bond acceptors (Lipinski definition) is 5. The molecule has 1 aromatic carbocycles. The van der Waals surface area contributed by atoms with Gasteiger partial charge >= 0.3 is 0 Å². The molecule has 1 heterocycles. The molecule has 3 N–H and O–H groups in total. The van der Waals surface area contributed by atoms with E-state index >= 15 is 0 Å². The van der Waals surface area contributed by atoms with Crippen LogP contribution in [0.5, 0.6) is 5.75 Å². The van der Waals surface area contributed by atoms with E-state index in [1.807, 2.05) is 18.2 Å². The summed E-state index contributed by atoms with van der Waals surface area (Å²) in [6.07, 6.45) is 2.41. The Kier molecular flexibility index (Phi) is 7.32. The number of carbonyl (C=O) groups is 1. The summed E-state index contributed by atoms with van der Waals surface area (Å²) in [5.74, 6) is 0.448. The highest BCUT2D eigenvalue weighted by molar-refractivity contribution is 5.76. The van der Waals surface area contributed by atoms with Crippen molar-refractivity contribution in [3.63, 3.8) is 0 Å². The van der Waals surface area contributed by atoms with E-state index in [1.165, 1.54) is 5.56 Å². The van der Waals surface area contributed by atoms with Crippen molar-refractivity contribution < 1.29 is 19.7 Å². The van der Waals surface area contributed by atoms with E-state index in [0.29, 0.717) is 19.6 Å². The monoisotopic (exact) mass is 322 g/mol. The van der Waals surface area contributed by atoms with Gasteiger partial charge in [-0.2, -0.15) is 0 Å². The first-order valence-corrected chi connectivity index (χ1v) is 8.17. The molecule has 2 rings (SSSR count). The topological polar surface area (TPSA) is 82.0 Å². The van der Waals surface area contributed by atoms with E-state index in [-0.39, 0.29) is 12.0 Å². The van der Waals surface area contributed by atoms with Gasteiger partial charge in [-0.3, -0.25) is 9.69 Å². The minimum Gasteiger partial charge on any atom is -0.494 e. The van der Waals surface area contributed by atoms with Crippen LogP contribution < -0.4 is 10.1 Å². The van der Waals surface area contributed by atoms with Gasteiger partial charge in [0.25, 0.3) is 0 Å². The largest absolute Gasteiger partial charge is 0.494 e. The van der Waals surface area contributed by atoms with E-state index in [4.69, 9.17) is 9.84 Å². The summed E-state index contributed by atoms with van der Waals surface area (Å²) in [6, 6.07) is 7.97. The maximum Gasteiger partial charge on any atom is 0.245 e. The molecule has 0 radical (unpaired) electrons. The molecule has 0 aromatic heterocycles. The number of likely N-dealkylation sites (tertiary alicyclic amines) is 1. The minimum absolute atomic E-state index is 0.211. The number of β-amino-alcohol motifs (C(OH)–C–C–N with tert-alkyl or cyclic N) is 1. The van der Waals surface area contributed by atoms with Crippen LogP contribution in [-0.4, -0.2) is 60.0 Å². The summed E-state index contributed by atoms with van der Waals surface area (Å²) in [4.78, 5) is 13.1. The number of benzene rings is 1. The third kappa shape index (κ3) is 6.56. The van der Waals surface area contributed by atoms with Gasteiger partial charge in [-0.05, 0) is 43.5 Å². The maximum atomic E-state index is 10.9. The Morgan fingerprint density at radius 3 is 3.09 bits per heavy atom. The normalized spacial score (nSPS) is 18.6. The van der Waals surface area contributed by atoms with Crippen LogP contribution in [0.4, 0.5) is 0 Å². The van der Waals surface area contributed by atoms with Gasteiger partial charge in [0.2, 0.25) is 5.91 Å². The third-order valence-electron chi connectivity index (χ3n) is 3.84. The predicted molar refractivity (Wildman–Crippen MR) is 87.2 cm³/mol. The Hall–Kier alpha value is -1.63. The molecule has 1 fully saturated rings. The maximum absolute atomic E-state index is 10.9. The molecule has 0 bridgehead atoms. The number of hydrogen-bond donors (Lipinski definition) is 3. The summed E-state index contributed by atoms with van der Waals surface area (Å²) < 4.78 is 5.69. The summed E-state index contributed by atoms with van der Waals surface area (Å²) in [6.45, 7) is 3.10. The van der Waals surface area contributed by atoms with E-state index < -0.39 is 6.61 Å². The molecule has 1 atom stereocenters. The van der Waals surface area contributed by atoms with Crippen molar-refractivity contribution in [2.24, 2.45) is 0 Å². The highest BCUT2D eigenvalue weighted by atomic mass is 16.5. The fourth-order valence-corrected chi connectivity index (χ4v) is 2.71. The average Bonchev–Trinajstić information content (AvgIpc) is 2.54. The van der Waals surface area contributed by atoms with Gasteiger partial charge < -0.3 is 20.3 Å². The van der Waals surface area contributed by atoms with Gasteiger partial charge in [-0.15, -0.1) is 0 Å². The molecule has 1 amide bonds. The Morgan fingerprint density at radius 2 is 2.30 bits per heavy atom. The molecular formula is C17H26N2O4. The molecule has 23 heavy (non-hydrogen) atoms. The fourth-order valence-electron chi connectivity index (χ4n) is 2.71. The first-order valence-electron chi connectivity index (χ1n) is 8.17. The lowest BCUT2D eigenvalue weighted by Crippen LogP contribution is -2.37. The van der Waals surface area contributed by atoms with E-state index in [0.717, 1.165) is 38.2 Å². The molecule has 6 heteroatoms. The second-order valence-electron chi connectivity index (χ2n) is 5.89. The van der Waals surface area contributed by atoms with E-state index in [9.17, 15) is 9.90 Å². The van der Waals surface area contributed by atoms with Gasteiger partial charge in [0.1, 0.15) is 12.4 Å². The number of rotatable bonds is 8. The lowest BCUT2D eigenvalue weighted by molar-refractivity contribution is -0.123. The summed E-state index contributed by atoms with van der Waals surface area (Å²) in [5, 5.41) is 20.9. The van der Waals surface area contributed by atoms with E-state index in [1.54, 1.807) is 0 Å². The predicted octanol–water partition coefficient (Wildman–Crippen LogP) is 0.521. The van der Waals surface area contributed by atoms with Crippen LogP contribution in [0.2, 0.25) is 0 Å². The summed E-state index contributed by atoms with van der Waals surface area (Å²) in [5.41, 5.74) is 1.17. The third-order valence-corrected chi connectivity index (χ3v) is 3.84. The van der Waals surface area contributed by atoms with Crippen molar-refractivity contribution in [2.45, 2.75) is 31.9 Å². The van der Waals surface area contributed by atoms with Crippen LogP contribution in [-0.2, 0) is 11.3 Å². The zero-order chi connectivity index (χ0) is 16.5. The van der Waals surface area contributed by atoms with Crippen LogP contribution in [0, 0.1) is 0 Å². The summed E-state index contributed by atoms with van der Waals surface area (Å²) >= 11 is 0. The fraction of sp³-hybridized carbons (Fsp3) is 0.588. The molecular weight excluding hydrogens is 296 g/mol. The number of piperidine rings is 1.